The smallest absolute Gasteiger partial charge is 0.341 e. The quantitative estimate of drug-likeness (QED) is 0.367. The lowest BCUT2D eigenvalue weighted by atomic mass is 10.0. The van der Waals surface area contributed by atoms with E-state index >= 15 is 0 Å². The summed E-state index contributed by atoms with van der Waals surface area (Å²) in [7, 11) is 0. The molecule has 0 aliphatic heterocycles. The van der Waals surface area contributed by atoms with Gasteiger partial charge in [-0.3, -0.25) is 4.99 Å². The number of carbonyl (C=O) groups is 1. The molecule has 124 valence electrons. The summed E-state index contributed by atoms with van der Waals surface area (Å²) in [4.78, 5) is 15.4. The molecule has 8 heteroatoms. The molecule has 0 aromatic heterocycles. The van der Waals surface area contributed by atoms with Gasteiger partial charge in [-0.2, -0.15) is 0 Å². The van der Waals surface area contributed by atoms with Crippen LogP contribution in [0.4, 0.5) is 13.2 Å². The number of rotatable bonds is 5. The van der Waals surface area contributed by atoms with Crippen LogP contribution in [-0.2, 0) is 4.79 Å². The van der Waals surface area contributed by atoms with Gasteiger partial charge in [0, 0.05) is 6.42 Å². The van der Waals surface area contributed by atoms with Gasteiger partial charge in [-0.1, -0.05) is 18.5 Å². The van der Waals surface area contributed by atoms with E-state index in [-0.39, 0.29) is 18.6 Å². The Hall–Kier alpha value is -2.02. The van der Waals surface area contributed by atoms with Gasteiger partial charge in [0.05, 0.1) is 17.3 Å². The second-order valence-electron chi connectivity index (χ2n) is 5.00. The number of benzene rings is 1. The maximum absolute atomic E-state index is 14.0. The molecule has 2 rings (SSSR count). The monoisotopic (exact) mass is 347 g/mol. The average molecular weight is 348 g/mol. The SMILES string of the molecule is CCC(=N[C@@H]1C[C@@H]1F)C(C(=O)O)=C(O)c1ccc(F)c(Cl)c1F. The Morgan fingerprint density at radius 1 is 1.39 bits per heavy atom. The first-order valence-electron chi connectivity index (χ1n) is 6.79. The number of hydrogen-bond donors (Lipinski definition) is 2. The maximum atomic E-state index is 14.0. The molecular formula is C15H13ClF3NO3. The normalized spacial score (nSPS) is 21.9. The molecule has 4 nitrogen and oxygen atoms in total. The minimum Gasteiger partial charge on any atom is -0.506 e. The van der Waals surface area contributed by atoms with Crippen LogP contribution in [0.25, 0.3) is 5.76 Å². The van der Waals surface area contributed by atoms with Crippen LogP contribution in [0.2, 0.25) is 5.02 Å². The summed E-state index contributed by atoms with van der Waals surface area (Å²) < 4.78 is 40.1. The van der Waals surface area contributed by atoms with E-state index < -0.39 is 51.7 Å². The average Bonchev–Trinajstić information content (AvgIpc) is 3.18. The highest BCUT2D eigenvalue weighted by atomic mass is 35.5. The first kappa shape index (κ1) is 17.3. The number of carboxylic acids is 1. The van der Waals surface area contributed by atoms with Crippen LogP contribution in [0.1, 0.15) is 25.3 Å². The largest absolute Gasteiger partial charge is 0.506 e. The minimum absolute atomic E-state index is 0.0694. The molecular weight excluding hydrogens is 335 g/mol. The van der Waals surface area contributed by atoms with Gasteiger partial charge >= 0.3 is 5.97 Å². The van der Waals surface area contributed by atoms with Gasteiger partial charge in [-0.15, -0.1) is 0 Å². The zero-order valence-electron chi connectivity index (χ0n) is 12.0. The summed E-state index contributed by atoms with van der Waals surface area (Å²) in [6.07, 6.45) is -0.884. The number of nitrogens with zero attached hydrogens (tertiary/aromatic N) is 1. The third kappa shape index (κ3) is 3.50. The Bertz CT molecular complexity index is 718. The van der Waals surface area contributed by atoms with E-state index in [0.717, 1.165) is 12.1 Å². The number of carboxylic acid groups (broad SMARTS) is 1. The fourth-order valence-electron chi connectivity index (χ4n) is 2.02. The van der Waals surface area contributed by atoms with Crippen molar-refractivity contribution in [3.63, 3.8) is 0 Å². The molecule has 0 saturated heterocycles. The molecule has 1 aliphatic rings. The number of aliphatic hydroxyl groups excluding tert-OH is 1. The molecule has 23 heavy (non-hydrogen) atoms. The Morgan fingerprint density at radius 2 is 2.00 bits per heavy atom. The van der Waals surface area contributed by atoms with Crippen molar-refractivity contribution in [2.75, 3.05) is 0 Å². The molecule has 2 atom stereocenters. The molecule has 0 heterocycles. The van der Waals surface area contributed by atoms with Crippen LogP contribution in [0.15, 0.2) is 22.7 Å². The number of hydrogen-bond acceptors (Lipinski definition) is 3. The van der Waals surface area contributed by atoms with Gasteiger partial charge in [0.1, 0.15) is 28.3 Å². The summed E-state index contributed by atoms with van der Waals surface area (Å²) in [6, 6.07) is 1.02. The Balaban J connectivity index is 2.58. The highest BCUT2D eigenvalue weighted by Crippen LogP contribution is 2.32. The van der Waals surface area contributed by atoms with Crippen molar-refractivity contribution in [1.82, 2.24) is 0 Å². The van der Waals surface area contributed by atoms with Crippen molar-refractivity contribution in [2.45, 2.75) is 32.0 Å². The van der Waals surface area contributed by atoms with E-state index in [9.17, 15) is 28.2 Å². The van der Waals surface area contributed by atoms with Crippen LogP contribution in [0, 0.1) is 11.6 Å². The first-order valence-corrected chi connectivity index (χ1v) is 7.17. The van der Waals surface area contributed by atoms with Crippen molar-refractivity contribution in [2.24, 2.45) is 4.99 Å². The molecule has 1 fully saturated rings. The lowest BCUT2D eigenvalue weighted by Gasteiger charge is -2.11. The van der Waals surface area contributed by atoms with Crippen LogP contribution >= 0.6 is 11.6 Å². The number of aliphatic carboxylic acids is 1. The fourth-order valence-corrected chi connectivity index (χ4v) is 2.19. The van der Waals surface area contributed by atoms with Crippen molar-refractivity contribution in [3.8, 4) is 0 Å². The Labute approximate surface area is 134 Å². The zero-order valence-corrected chi connectivity index (χ0v) is 12.7. The van der Waals surface area contributed by atoms with Gasteiger partial charge in [-0.25, -0.2) is 18.0 Å². The predicted octanol–water partition coefficient (Wildman–Crippen LogP) is 3.93. The number of alkyl halides is 1. The second-order valence-corrected chi connectivity index (χ2v) is 5.38. The molecule has 0 unspecified atom stereocenters. The van der Waals surface area contributed by atoms with Crippen molar-refractivity contribution >= 4 is 29.0 Å². The molecule has 0 bridgehead atoms. The Morgan fingerprint density at radius 3 is 2.48 bits per heavy atom. The summed E-state index contributed by atoms with van der Waals surface area (Å²) in [6.45, 7) is 1.57. The molecule has 1 aromatic carbocycles. The summed E-state index contributed by atoms with van der Waals surface area (Å²) >= 11 is 5.43. The second kappa shape index (κ2) is 6.62. The highest BCUT2D eigenvalue weighted by molar-refractivity contribution is 6.31. The first-order chi connectivity index (χ1) is 10.8. The molecule has 1 aromatic rings. The van der Waals surface area contributed by atoms with E-state index in [1.54, 1.807) is 6.92 Å². The Kier molecular flexibility index (Phi) is 4.99. The van der Waals surface area contributed by atoms with Crippen LogP contribution in [0.3, 0.4) is 0 Å². The van der Waals surface area contributed by atoms with E-state index in [0.29, 0.717) is 0 Å². The standard InChI is InChI=1S/C15H13ClF3NO3/c1-2-9(20-10-5-8(10)18)11(15(22)23)14(21)6-3-4-7(17)12(16)13(6)19/h3-4,8,10,21H,2,5H2,1H3,(H,22,23)/t8-,10+/m0/s1. The summed E-state index contributed by atoms with van der Waals surface area (Å²) in [5, 5.41) is 18.6. The molecule has 2 N–H and O–H groups in total. The molecule has 0 amide bonds. The molecule has 1 saturated carbocycles. The van der Waals surface area contributed by atoms with E-state index in [2.05, 4.69) is 4.99 Å². The number of aliphatic imine (C=N–C) groups is 1. The van der Waals surface area contributed by atoms with Gasteiger partial charge in [0.2, 0.25) is 0 Å². The predicted molar refractivity (Wildman–Crippen MR) is 79.6 cm³/mol. The summed E-state index contributed by atoms with van der Waals surface area (Å²) in [5.41, 5.74) is -1.30. The minimum atomic E-state index is -1.56. The van der Waals surface area contributed by atoms with Crippen LogP contribution in [0.5, 0.6) is 0 Å². The van der Waals surface area contributed by atoms with Crippen molar-refractivity contribution in [3.05, 3.63) is 39.9 Å². The molecule has 0 spiro atoms. The van der Waals surface area contributed by atoms with Crippen LogP contribution in [-0.4, -0.2) is 34.1 Å². The van der Waals surface area contributed by atoms with Gasteiger partial charge in [0.15, 0.2) is 5.82 Å². The van der Waals surface area contributed by atoms with E-state index in [1.807, 2.05) is 0 Å². The van der Waals surface area contributed by atoms with E-state index in [1.165, 1.54) is 0 Å². The molecule has 0 radical (unpaired) electrons. The number of aliphatic hydroxyl groups is 1. The van der Waals surface area contributed by atoms with E-state index in [4.69, 9.17) is 11.6 Å². The third-order valence-corrected chi connectivity index (χ3v) is 3.71. The van der Waals surface area contributed by atoms with Crippen molar-refractivity contribution < 1.29 is 28.2 Å². The van der Waals surface area contributed by atoms with Gasteiger partial charge < -0.3 is 10.2 Å². The van der Waals surface area contributed by atoms with Gasteiger partial charge in [0.25, 0.3) is 0 Å². The highest BCUT2D eigenvalue weighted by Gasteiger charge is 2.38. The molecule has 1 aliphatic carbocycles. The topological polar surface area (TPSA) is 69.9 Å². The maximum Gasteiger partial charge on any atom is 0.341 e. The zero-order chi connectivity index (χ0) is 17.3. The summed E-state index contributed by atoms with van der Waals surface area (Å²) in [5.74, 6) is -4.82. The van der Waals surface area contributed by atoms with Crippen molar-refractivity contribution in [1.29, 1.82) is 0 Å². The van der Waals surface area contributed by atoms with Crippen LogP contribution < -0.4 is 0 Å². The lowest BCUT2D eigenvalue weighted by Crippen LogP contribution is -2.16. The lowest BCUT2D eigenvalue weighted by molar-refractivity contribution is -0.132. The number of halogens is 4. The van der Waals surface area contributed by atoms with Gasteiger partial charge in [-0.05, 0) is 18.6 Å². The fraction of sp³-hybridized carbons (Fsp3) is 0.333. The third-order valence-electron chi connectivity index (χ3n) is 3.37.